The molecule has 104 valence electrons. The Hall–Kier alpha value is -1.60. The summed E-state index contributed by atoms with van der Waals surface area (Å²) in [5.41, 5.74) is -0.196. The number of aliphatic hydroxyl groups is 1. The molecule has 2 N–H and O–H groups in total. The highest BCUT2D eigenvalue weighted by Crippen LogP contribution is 2.24. The number of aliphatic carboxylic acids is 1. The highest BCUT2D eigenvalue weighted by molar-refractivity contribution is 8.00. The fraction of sp³-hybridized carbons (Fsp3) is 0.333. The number of benzene rings is 1. The number of hydrogen-bond donors (Lipinski definition) is 2. The lowest BCUT2D eigenvalue weighted by Crippen LogP contribution is -2.16. The van der Waals surface area contributed by atoms with Crippen LogP contribution in [-0.2, 0) is 14.3 Å². The van der Waals surface area contributed by atoms with Gasteiger partial charge >= 0.3 is 11.9 Å². The number of aliphatic hydroxyl groups excluding tert-OH is 1. The summed E-state index contributed by atoms with van der Waals surface area (Å²) in [4.78, 5) is 22.1. The number of hydrogen-bond acceptors (Lipinski definition) is 5. The van der Waals surface area contributed by atoms with Crippen molar-refractivity contribution in [1.82, 2.24) is 0 Å². The van der Waals surface area contributed by atoms with Gasteiger partial charge in [0.25, 0.3) is 0 Å². The van der Waals surface area contributed by atoms with E-state index >= 15 is 0 Å². The van der Waals surface area contributed by atoms with Crippen LogP contribution in [0, 0.1) is 5.82 Å². The molecule has 0 fully saturated rings. The predicted octanol–water partition coefficient (Wildman–Crippen LogP) is 1.60. The van der Waals surface area contributed by atoms with Crippen LogP contribution in [0.5, 0.6) is 0 Å². The van der Waals surface area contributed by atoms with Crippen molar-refractivity contribution in [2.75, 3.05) is 12.4 Å². The topological polar surface area (TPSA) is 83.8 Å². The van der Waals surface area contributed by atoms with E-state index < -0.39 is 23.9 Å². The molecule has 0 saturated carbocycles. The first-order valence-corrected chi connectivity index (χ1v) is 6.43. The van der Waals surface area contributed by atoms with Crippen LogP contribution in [-0.4, -0.2) is 34.5 Å². The van der Waals surface area contributed by atoms with Gasteiger partial charge in [-0.2, -0.15) is 0 Å². The molecule has 0 spiro atoms. The van der Waals surface area contributed by atoms with Crippen LogP contribution in [0.25, 0.3) is 0 Å². The largest absolute Gasteiger partial charge is 0.481 e. The minimum absolute atomic E-state index is 0.0874. The maximum absolute atomic E-state index is 13.7. The number of carboxylic acid groups (broad SMARTS) is 1. The van der Waals surface area contributed by atoms with Crippen molar-refractivity contribution in [3.8, 4) is 0 Å². The molecule has 19 heavy (non-hydrogen) atoms. The standard InChI is InChI=1S/C12H13FO5S/c1-2-18-12(17)11(16)8-4-3-7(5-9(8)13)19-6-10(14)15/h3-5,11,16H,2,6H2,1H3,(H,14,15). The molecule has 0 aromatic heterocycles. The van der Waals surface area contributed by atoms with Gasteiger partial charge in [-0.3, -0.25) is 4.79 Å². The highest BCUT2D eigenvalue weighted by Gasteiger charge is 2.22. The number of carbonyl (C=O) groups is 2. The Morgan fingerprint density at radius 2 is 2.16 bits per heavy atom. The van der Waals surface area contributed by atoms with E-state index in [0.29, 0.717) is 4.90 Å². The minimum atomic E-state index is -1.68. The maximum Gasteiger partial charge on any atom is 0.339 e. The predicted molar refractivity (Wildman–Crippen MR) is 66.4 cm³/mol. The lowest BCUT2D eigenvalue weighted by atomic mass is 10.1. The quantitative estimate of drug-likeness (QED) is 0.611. The Morgan fingerprint density at radius 3 is 2.68 bits per heavy atom. The molecule has 0 saturated heterocycles. The second-order valence-corrected chi connectivity index (χ2v) is 4.57. The molecule has 1 unspecified atom stereocenters. The Labute approximate surface area is 113 Å². The Kier molecular flexibility index (Phi) is 5.78. The molecule has 1 rings (SSSR count). The van der Waals surface area contributed by atoms with E-state index in [0.717, 1.165) is 17.8 Å². The summed E-state index contributed by atoms with van der Waals surface area (Å²) in [5.74, 6) is -2.91. The van der Waals surface area contributed by atoms with E-state index in [9.17, 15) is 19.1 Å². The molecule has 1 atom stereocenters. The van der Waals surface area contributed by atoms with Crippen LogP contribution >= 0.6 is 11.8 Å². The van der Waals surface area contributed by atoms with Crippen molar-refractivity contribution in [2.24, 2.45) is 0 Å². The summed E-state index contributed by atoms with van der Waals surface area (Å²) in [6.45, 7) is 1.66. The summed E-state index contributed by atoms with van der Waals surface area (Å²) in [6.07, 6.45) is -1.68. The van der Waals surface area contributed by atoms with Crippen molar-refractivity contribution in [3.05, 3.63) is 29.6 Å². The summed E-state index contributed by atoms with van der Waals surface area (Å²) < 4.78 is 18.3. The van der Waals surface area contributed by atoms with Gasteiger partial charge < -0.3 is 14.9 Å². The molecule has 1 aromatic carbocycles. The number of carboxylic acids is 1. The SMILES string of the molecule is CCOC(=O)C(O)c1ccc(SCC(=O)O)cc1F. The fourth-order valence-electron chi connectivity index (χ4n) is 1.31. The van der Waals surface area contributed by atoms with Gasteiger partial charge in [-0.25, -0.2) is 9.18 Å². The van der Waals surface area contributed by atoms with Crippen molar-refractivity contribution < 1.29 is 28.9 Å². The molecule has 0 radical (unpaired) electrons. The van der Waals surface area contributed by atoms with Crippen molar-refractivity contribution in [1.29, 1.82) is 0 Å². The summed E-state index contributed by atoms with van der Waals surface area (Å²) >= 11 is 0.944. The first-order valence-electron chi connectivity index (χ1n) is 5.44. The van der Waals surface area contributed by atoms with Crippen LogP contribution in [0.1, 0.15) is 18.6 Å². The van der Waals surface area contributed by atoms with E-state index in [1.165, 1.54) is 12.1 Å². The second kappa shape index (κ2) is 7.10. The van der Waals surface area contributed by atoms with Crippen molar-refractivity contribution >= 4 is 23.7 Å². The summed E-state index contributed by atoms with van der Waals surface area (Å²) in [7, 11) is 0. The third kappa shape index (κ3) is 4.53. The van der Waals surface area contributed by atoms with E-state index in [2.05, 4.69) is 4.74 Å². The van der Waals surface area contributed by atoms with Crippen LogP contribution in [0.15, 0.2) is 23.1 Å². The number of thioether (sulfide) groups is 1. The van der Waals surface area contributed by atoms with Gasteiger partial charge in [0.05, 0.1) is 12.4 Å². The zero-order valence-corrected chi connectivity index (χ0v) is 10.9. The molecular formula is C12H13FO5S. The normalized spacial score (nSPS) is 11.9. The minimum Gasteiger partial charge on any atom is -0.481 e. The molecule has 0 aliphatic heterocycles. The molecule has 5 nitrogen and oxygen atoms in total. The molecule has 0 heterocycles. The molecule has 0 aliphatic carbocycles. The first-order chi connectivity index (χ1) is 8.95. The molecular weight excluding hydrogens is 275 g/mol. The Morgan fingerprint density at radius 1 is 1.47 bits per heavy atom. The lowest BCUT2D eigenvalue weighted by molar-refractivity contribution is -0.153. The molecule has 7 heteroatoms. The van der Waals surface area contributed by atoms with Crippen molar-refractivity contribution in [2.45, 2.75) is 17.9 Å². The van der Waals surface area contributed by atoms with E-state index in [1.54, 1.807) is 6.92 Å². The Bertz CT molecular complexity index is 477. The van der Waals surface area contributed by atoms with Gasteiger partial charge in [0.1, 0.15) is 5.82 Å². The zero-order valence-electron chi connectivity index (χ0n) is 10.1. The monoisotopic (exact) mass is 288 g/mol. The summed E-state index contributed by atoms with van der Waals surface area (Å²) in [5, 5.41) is 18.1. The number of carbonyl (C=O) groups excluding carboxylic acids is 1. The third-order valence-electron chi connectivity index (χ3n) is 2.14. The van der Waals surface area contributed by atoms with Gasteiger partial charge in [-0.15, -0.1) is 11.8 Å². The number of esters is 1. The molecule has 0 bridgehead atoms. The van der Waals surface area contributed by atoms with Gasteiger partial charge in [0.2, 0.25) is 0 Å². The Balaban J connectivity index is 2.82. The summed E-state index contributed by atoms with van der Waals surface area (Å²) in [6, 6.07) is 3.75. The van der Waals surface area contributed by atoms with E-state index in [1.807, 2.05) is 0 Å². The van der Waals surface area contributed by atoms with Gasteiger partial charge in [-0.05, 0) is 19.1 Å². The molecule has 1 aromatic rings. The highest BCUT2D eigenvalue weighted by atomic mass is 32.2. The first kappa shape index (κ1) is 15.5. The number of rotatable bonds is 6. The van der Waals surface area contributed by atoms with Crippen LogP contribution in [0.2, 0.25) is 0 Å². The number of halogens is 1. The van der Waals surface area contributed by atoms with Gasteiger partial charge in [0, 0.05) is 10.5 Å². The number of ether oxygens (including phenoxy) is 1. The van der Waals surface area contributed by atoms with Crippen molar-refractivity contribution in [3.63, 3.8) is 0 Å². The fourth-order valence-corrected chi connectivity index (χ4v) is 1.95. The van der Waals surface area contributed by atoms with Gasteiger partial charge in [-0.1, -0.05) is 6.07 Å². The average Bonchev–Trinajstić information content (AvgIpc) is 2.36. The van der Waals surface area contributed by atoms with E-state index in [-0.39, 0.29) is 17.9 Å². The van der Waals surface area contributed by atoms with E-state index in [4.69, 9.17) is 5.11 Å². The average molecular weight is 288 g/mol. The lowest BCUT2D eigenvalue weighted by Gasteiger charge is -2.11. The second-order valence-electron chi connectivity index (χ2n) is 3.52. The smallest absolute Gasteiger partial charge is 0.339 e. The van der Waals surface area contributed by atoms with Crippen LogP contribution in [0.4, 0.5) is 4.39 Å². The van der Waals surface area contributed by atoms with Crippen LogP contribution < -0.4 is 0 Å². The van der Waals surface area contributed by atoms with Gasteiger partial charge in [0.15, 0.2) is 6.10 Å². The third-order valence-corrected chi connectivity index (χ3v) is 3.12. The molecule has 0 aliphatic rings. The maximum atomic E-state index is 13.7. The zero-order chi connectivity index (χ0) is 14.4. The molecule has 0 amide bonds. The van der Waals surface area contributed by atoms with Crippen LogP contribution in [0.3, 0.4) is 0 Å².